The lowest BCUT2D eigenvalue weighted by atomic mass is 10.2. The van der Waals surface area contributed by atoms with Crippen molar-refractivity contribution in [2.45, 2.75) is 26.0 Å². The second-order valence-corrected chi connectivity index (χ2v) is 4.12. The molecule has 108 valence electrons. The van der Waals surface area contributed by atoms with Crippen LogP contribution in [0.15, 0.2) is 11.1 Å². The van der Waals surface area contributed by atoms with E-state index in [0.29, 0.717) is 5.65 Å². The van der Waals surface area contributed by atoms with E-state index >= 15 is 0 Å². The number of aromatic nitrogens is 4. The number of nitrogen functional groups attached to an aromatic ring is 1. The molecule has 0 aliphatic heterocycles. The number of anilines is 1. The molecule has 0 aromatic carbocycles. The van der Waals surface area contributed by atoms with Crippen molar-refractivity contribution in [3.8, 4) is 0 Å². The second-order valence-electron chi connectivity index (χ2n) is 4.12. The first kappa shape index (κ1) is 14.0. The number of carbonyl (C=O) groups excluding carboxylic acids is 1. The standard InChI is InChI=1S/C11H15N5O4/c1-2-20-10(19)6(17)3-4-16-5-13-7-8(16)14-11(12)15-9(7)18/h5-6,17H,2-4H2,1H3,(H3,12,14,15,18). The number of imidazole rings is 1. The van der Waals surface area contributed by atoms with E-state index in [4.69, 9.17) is 10.5 Å². The third-order valence-corrected chi connectivity index (χ3v) is 2.70. The maximum absolute atomic E-state index is 11.6. The summed E-state index contributed by atoms with van der Waals surface area (Å²) in [7, 11) is 0. The summed E-state index contributed by atoms with van der Waals surface area (Å²) in [5.74, 6) is -0.697. The molecule has 1 atom stereocenters. The minimum Gasteiger partial charge on any atom is -0.464 e. The summed E-state index contributed by atoms with van der Waals surface area (Å²) in [6.45, 7) is 2.12. The number of aromatic amines is 1. The zero-order valence-electron chi connectivity index (χ0n) is 10.9. The molecule has 0 amide bonds. The van der Waals surface area contributed by atoms with Gasteiger partial charge in [0.2, 0.25) is 5.95 Å². The van der Waals surface area contributed by atoms with Crippen molar-refractivity contribution in [3.63, 3.8) is 0 Å². The Morgan fingerprint density at radius 3 is 3.10 bits per heavy atom. The minimum atomic E-state index is -1.23. The summed E-state index contributed by atoms with van der Waals surface area (Å²) < 4.78 is 6.24. The summed E-state index contributed by atoms with van der Waals surface area (Å²) in [6.07, 6.45) is 0.301. The Labute approximate surface area is 113 Å². The monoisotopic (exact) mass is 281 g/mol. The minimum absolute atomic E-state index is 0.0183. The number of nitrogens with zero attached hydrogens (tertiary/aromatic N) is 3. The van der Waals surface area contributed by atoms with Crippen molar-refractivity contribution >= 4 is 23.1 Å². The predicted octanol–water partition coefficient (Wildman–Crippen LogP) is -0.984. The predicted molar refractivity (Wildman–Crippen MR) is 69.8 cm³/mol. The number of hydrogen-bond acceptors (Lipinski definition) is 7. The maximum atomic E-state index is 11.6. The number of hydrogen-bond donors (Lipinski definition) is 3. The van der Waals surface area contributed by atoms with E-state index in [1.807, 2.05) is 0 Å². The van der Waals surface area contributed by atoms with Crippen LogP contribution in [-0.4, -0.2) is 43.3 Å². The van der Waals surface area contributed by atoms with Gasteiger partial charge in [0.1, 0.15) is 0 Å². The summed E-state index contributed by atoms with van der Waals surface area (Å²) in [6, 6.07) is 0. The Balaban J connectivity index is 2.15. The summed E-state index contributed by atoms with van der Waals surface area (Å²) in [5, 5.41) is 9.61. The van der Waals surface area contributed by atoms with Crippen LogP contribution in [0.3, 0.4) is 0 Å². The van der Waals surface area contributed by atoms with Crippen molar-refractivity contribution in [1.82, 2.24) is 19.5 Å². The number of esters is 1. The Morgan fingerprint density at radius 2 is 2.40 bits per heavy atom. The third kappa shape index (κ3) is 2.77. The highest BCUT2D eigenvalue weighted by atomic mass is 16.5. The highest BCUT2D eigenvalue weighted by Crippen LogP contribution is 2.08. The topological polar surface area (TPSA) is 136 Å². The number of rotatable bonds is 5. The molecule has 0 aliphatic rings. The molecule has 0 radical (unpaired) electrons. The van der Waals surface area contributed by atoms with Gasteiger partial charge in [-0.15, -0.1) is 0 Å². The second kappa shape index (κ2) is 5.70. The summed E-state index contributed by atoms with van der Waals surface area (Å²) >= 11 is 0. The van der Waals surface area contributed by atoms with Crippen molar-refractivity contribution in [3.05, 3.63) is 16.7 Å². The molecular weight excluding hydrogens is 266 g/mol. The maximum Gasteiger partial charge on any atom is 0.335 e. The van der Waals surface area contributed by atoms with Crippen molar-refractivity contribution in [2.75, 3.05) is 12.3 Å². The fourth-order valence-corrected chi connectivity index (χ4v) is 1.75. The average molecular weight is 281 g/mol. The van der Waals surface area contributed by atoms with Crippen LogP contribution >= 0.6 is 0 Å². The zero-order chi connectivity index (χ0) is 14.7. The van der Waals surface area contributed by atoms with Crippen LogP contribution < -0.4 is 11.3 Å². The van der Waals surface area contributed by atoms with Crippen LogP contribution in [0.2, 0.25) is 0 Å². The molecule has 1 unspecified atom stereocenters. The number of fused-ring (bicyclic) bond motifs is 1. The fraction of sp³-hybridized carbons (Fsp3) is 0.455. The first-order chi connectivity index (χ1) is 9.52. The quantitative estimate of drug-likeness (QED) is 0.599. The molecule has 0 spiro atoms. The zero-order valence-corrected chi connectivity index (χ0v) is 10.9. The van der Waals surface area contributed by atoms with Crippen molar-refractivity contribution in [2.24, 2.45) is 0 Å². The van der Waals surface area contributed by atoms with Gasteiger partial charge in [-0.05, 0) is 6.92 Å². The number of H-pyrrole nitrogens is 1. The first-order valence-electron chi connectivity index (χ1n) is 6.08. The molecule has 0 saturated heterocycles. The fourth-order valence-electron chi connectivity index (χ4n) is 1.75. The smallest absolute Gasteiger partial charge is 0.335 e. The number of nitrogens with two attached hydrogens (primary N) is 1. The van der Waals surface area contributed by atoms with Crippen LogP contribution in [0.4, 0.5) is 5.95 Å². The van der Waals surface area contributed by atoms with E-state index < -0.39 is 17.6 Å². The highest BCUT2D eigenvalue weighted by molar-refractivity contribution is 5.74. The van der Waals surface area contributed by atoms with E-state index in [2.05, 4.69) is 15.0 Å². The van der Waals surface area contributed by atoms with E-state index in [0.717, 1.165) is 0 Å². The van der Waals surface area contributed by atoms with Crippen LogP contribution in [0.1, 0.15) is 13.3 Å². The summed E-state index contributed by atoms with van der Waals surface area (Å²) in [5.41, 5.74) is 5.50. The molecule has 9 nitrogen and oxygen atoms in total. The Morgan fingerprint density at radius 1 is 1.65 bits per heavy atom. The van der Waals surface area contributed by atoms with Gasteiger partial charge < -0.3 is 20.1 Å². The molecular formula is C11H15N5O4. The first-order valence-corrected chi connectivity index (χ1v) is 6.08. The SMILES string of the molecule is CCOC(=O)C(O)CCn1cnc2c(=O)[nH]c(N)nc21. The lowest BCUT2D eigenvalue weighted by Crippen LogP contribution is -2.24. The Bertz CT molecular complexity index is 677. The highest BCUT2D eigenvalue weighted by Gasteiger charge is 2.17. The number of aryl methyl sites for hydroxylation is 1. The molecule has 20 heavy (non-hydrogen) atoms. The van der Waals surface area contributed by atoms with E-state index in [-0.39, 0.29) is 31.0 Å². The van der Waals surface area contributed by atoms with Crippen LogP contribution in [0.25, 0.3) is 11.2 Å². The van der Waals surface area contributed by atoms with Crippen LogP contribution in [-0.2, 0) is 16.1 Å². The number of aliphatic hydroxyl groups is 1. The van der Waals surface area contributed by atoms with Gasteiger partial charge in [0, 0.05) is 13.0 Å². The molecule has 0 aliphatic carbocycles. The van der Waals surface area contributed by atoms with Crippen LogP contribution in [0, 0.1) is 0 Å². The number of aliphatic hydroxyl groups excluding tert-OH is 1. The van der Waals surface area contributed by atoms with Gasteiger partial charge in [0.25, 0.3) is 5.56 Å². The summed E-state index contributed by atoms with van der Waals surface area (Å²) in [4.78, 5) is 33.1. The van der Waals surface area contributed by atoms with Gasteiger partial charge >= 0.3 is 5.97 Å². The van der Waals surface area contributed by atoms with Gasteiger partial charge in [-0.1, -0.05) is 0 Å². The molecule has 2 rings (SSSR count). The number of ether oxygens (including phenoxy) is 1. The van der Waals surface area contributed by atoms with E-state index in [1.165, 1.54) is 6.33 Å². The average Bonchev–Trinajstić information content (AvgIpc) is 2.79. The number of carbonyl (C=O) groups is 1. The normalized spacial score (nSPS) is 12.5. The molecule has 0 fully saturated rings. The lowest BCUT2D eigenvalue weighted by molar-refractivity contribution is -0.153. The van der Waals surface area contributed by atoms with E-state index in [1.54, 1.807) is 11.5 Å². The molecule has 2 heterocycles. The Hall–Kier alpha value is -2.42. The molecule has 0 bridgehead atoms. The molecule has 0 saturated carbocycles. The largest absolute Gasteiger partial charge is 0.464 e. The van der Waals surface area contributed by atoms with Gasteiger partial charge in [0.05, 0.1) is 12.9 Å². The molecule has 2 aromatic heterocycles. The molecule has 9 heteroatoms. The Kier molecular flexibility index (Phi) is 3.99. The van der Waals surface area contributed by atoms with Crippen molar-refractivity contribution < 1.29 is 14.6 Å². The van der Waals surface area contributed by atoms with Crippen molar-refractivity contribution in [1.29, 1.82) is 0 Å². The lowest BCUT2D eigenvalue weighted by Gasteiger charge is -2.10. The van der Waals surface area contributed by atoms with Crippen LogP contribution in [0.5, 0.6) is 0 Å². The van der Waals surface area contributed by atoms with Gasteiger partial charge in [-0.2, -0.15) is 4.98 Å². The number of nitrogens with one attached hydrogen (secondary N) is 1. The molecule has 4 N–H and O–H groups in total. The molecule has 2 aromatic rings. The van der Waals surface area contributed by atoms with Gasteiger partial charge in [-0.25, -0.2) is 9.78 Å². The van der Waals surface area contributed by atoms with Gasteiger partial charge in [0.15, 0.2) is 17.3 Å². The third-order valence-electron chi connectivity index (χ3n) is 2.70. The van der Waals surface area contributed by atoms with E-state index in [9.17, 15) is 14.7 Å². The van der Waals surface area contributed by atoms with Gasteiger partial charge in [-0.3, -0.25) is 9.78 Å².